The minimum atomic E-state index is -0.798. The van der Waals surface area contributed by atoms with E-state index in [0.717, 1.165) is 6.42 Å². The van der Waals surface area contributed by atoms with Crippen molar-refractivity contribution in [3.8, 4) is 0 Å². The standard InChI is InChI=1S/C11H15N3O3/c1-3-8(2)13-10(15)11(16)14-12-7-9-5-4-6-17-9/h4-8H,3H2,1-2H3,(H,13,15)(H,14,16)/b12-7-/t8-/m0/s1. The predicted molar refractivity (Wildman–Crippen MR) is 62.3 cm³/mol. The van der Waals surface area contributed by atoms with Crippen molar-refractivity contribution >= 4 is 18.0 Å². The van der Waals surface area contributed by atoms with E-state index in [0.29, 0.717) is 5.76 Å². The Labute approximate surface area is 99.1 Å². The highest BCUT2D eigenvalue weighted by Gasteiger charge is 2.14. The van der Waals surface area contributed by atoms with Crippen LogP contribution in [-0.2, 0) is 9.59 Å². The monoisotopic (exact) mass is 237 g/mol. The van der Waals surface area contributed by atoms with Crippen molar-refractivity contribution < 1.29 is 14.0 Å². The fourth-order valence-corrected chi connectivity index (χ4v) is 0.961. The van der Waals surface area contributed by atoms with Gasteiger partial charge < -0.3 is 9.73 Å². The number of hydrazone groups is 1. The molecule has 92 valence electrons. The van der Waals surface area contributed by atoms with Crippen LogP contribution in [0.3, 0.4) is 0 Å². The topological polar surface area (TPSA) is 83.7 Å². The first-order chi connectivity index (χ1) is 8.13. The third-order valence-corrected chi connectivity index (χ3v) is 2.10. The van der Waals surface area contributed by atoms with E-state index in [4.69, 9.17) is 4.42 Å². The molecular weight excluding hydrogens is 222 g/mol. The molecule has 0 aliphatic carbocycles. The highest BCUT2D eigenvalue weighted by molar-refractivity contribution is 6.35. The van der Waals surface area contributed by atoms with Crippen molar-refractivity contribution in [1.29, 1.82) is 0 Å². The van der Waals surface area contributed by atoms with Gasteiger partial charge in [-0.1, -0.05) is 6.92 Å². The van der Waals surface area contributed by atoms with Gasteiger partial charge >= 0.3 is 11.8 Å². The highest BCUT2D eigenvalue weighted by atomic mass is 16.3. The quantitative estimate of drug-likeness (QED) is 0.458. The van der Waals surface area contributed by atoms with Crippen molar-refractivity contribution in [1.82, 2.24) is 10.7 Å². The van der Waals surface area contributed by atoms with Crippen LogP contribution in [0.25, 0.3) is 0 Å². The zero-order chi connectivity index (χ0) is 12.7. The molecule has 0 aromatic carbocycles. The number of hydrogen-bond donors (Lipinski definition) is 2. The number of nitrogens with zero attached hydrogens (tertiary/aromatic N) is 1. The summed E-state index contributed by atoms with van der Waals surface area (Å²) in [7, 11) is 0. The van der Waals surface area contributed by atoms with Gasteiger partial charge in [0.2, 0.25) is 0 Å². The molecule has 6 nitrogen and oxygen atoms in total. The first kappa shape index (κ1) is 13.0. The van der Waals surface area contributed by atoms with Gasteiger partial charge in [-0.15, -0.1) is 0 Å². The Kier molecular flexibility index (Phi) is 4.93. The maximum atomic E-state index is 11.3. The van der Waals surface area contributed by atoms with Gasteiger partial charge in [-0.05, 0) is 25.5 Å². The van der Waals surface area contributed by atoms with Crippen LogP contribution in [-0.4, -0.2) is 24.1 Å². The van der Waals surface area contributed by atoms with Crippen LogP contribution < -0.4 is 10.7 Å². The number of rotatable bonds is 4. The Morgan fingerprint density at radius 3 is 2.88 bits per heavy atom. The fraction of sp³-hybridized carbons (Fsp3) is 0.364. The van der Waals surface area contributed by atoms with Crippen LogP contribution in [0.4, 0.5) is 0 Å². The molecule has 0 fully saturated rings. The van der Waals surface area contributed by atoms with Gasteiger partial charge in [0.15, 0.2) is 0 Å². The lowest BCUT2D eigenvalue weighted by atomic mass is 10.2. The molecule has 1 atom stereocenters. The summed E-state index contributed by atoms with van der Waals surface area (Å²) in [5, 5.41) is 6.11. The Bertz CT molecular complexity index is 398. The van der Waals surface area contributed by atoms with Crippen LogP contribution in [0.1, 0.15) is 26.0 Å². The van der Waals surface area contributed by atoms with E-state index >= 15 is 0 Å². The maximum absolute atomic E-state index is 11.3. The molecule has 17 heavy (non-hydrogen) atoms. The summed E-state index contributed by atoms with van der Waals surface area (Å²) in [5.41, 5.74) is 2.11. The molecule has 0 bridgehead atoms. The minimum Gasteiger partial charge on any atom is -0.463 e. The van der Waals surface area contributed by atoms with Gasteiger partial charge in [0.25, 0.3) is 0 Å². The lowest BCUT2D eigenvalue weighted by Crippen LogP contribution is -2.41. The Morgan fingerprint density at radius 1 is 1.53 bits per heavy atom. The van der Waals surface area contributed by atoms with Gasteiger partial charge in [0.1, 0.15) is 5.76 Å². The molecule has 1 aromatic heterocycles. The summed E-state index contributed by atoms with van der Waals surface area (Å²) >= 11 is 0. The van der Waals surface area contributed by atoms with Crippen molar-refractivity contribution in [2.75, 3.05) is 0 Å². The number of carbonyl (C=O) groups is 2. The molecule has 0 saturated carbocycles. The number of hydrogen-bond acceptors (Lipinski definition) is 4. The first-order valence-corrected chi connectivity index (χ1v) is 5.31. The van der Waals surface area contributed by atoms with E-state index in [1.807, 2.05) is 13.8 Å². The van der Waals surface area contributed by atoms with Gasteiger partial charge in [0.05, 0.1) is 12.5 Å². The van der Waals surface area contributed by atoms with Crippen LogP contribution >= 0.6 is 0 Å². The van der Waals surface area contributed by atoms with Crippen molar-refractivity contribution in [2.45, 2.75) is 26.3 Å². The van der Waals surface area contributed by atoms with E-state index in [-0.39, 0.29) is 6.04 Å². The minimum absolute atomic E-state index is 0.0395. The zero-order valence-corrected chi connectivity index (χ0v) is 9.77. The lowest BCUT2D eigenvalue weighted by molar-refractivity contribution is -0.139. The van der Waals surface area contributed by atoms with E-state index in [2.05, 4.69) is 15.8 Å². The molecule has 0 spiro atoms. The Balaban J connectivity index is 2.36. The summed E-state index contributed by atoms with van der Waals surface area (Å²) in [6.07, 6.45) is 3.56. The third kappa shape index (κ3) is 4.50. The lowest BCUT2D eigenvalue weighted by Gasteiger charge is -2.09. The smallest absolute Gasteiger partial charge is 0.329 e. The molecule has 2 N–H and O–H groups in total. The number of amides is 2. The van der Waals surface area contributed by atoms with Crippen molar-refractivity contribution in [3.63, 3.8) is 0 Å². The fourth-order valence-electron chi connectivity index (χ4n) is 0.961. The molecule has 0 unspecified atom stereocenters. The largest absolute Gasteiger partial charge is 0.463 e. The highest BCUT2D eigenvalue weighted by Crippen LogP contribution is 1.94. The summed E-state index contributed by atoms with van der Waals surface area (Å²) < 4.78 is 4.96. The molecule has 1 aromatic rings. The first-order valence-electron chi connectivity index (χ1n) is 5.31. The average Bonchev–Trinajstić information content (AvgIpc) is 2.81. The molecule has 1 heterocycles. The second kappa shape index (κ2) is 6.47. The van der Waals surface area contributed by atoms with Crippen molar-refractivity contribution in [2.24, 2.45) is 5.10 Å². The van der Waals surface area contributed by atoms with E-state index in [9.17, 15) is 9.59 Å². The summed E-state index contributed by atoms with van der Waals surface area (Å²) in [4.78, 5) is 22.5. The normalized spacial score (nSPS) is 12.4. The molecular formula is C11H15N3O3. The molecule has 0 saturated heterocycles. The van der Waals surface area contributed by atoms with E-state index in [1.165, 1.54) is 12.5 Å². The number of nitrogens with one attached hydrogen (secondary N) is 2. The Hall–Kier alpha value is -2.11. The second-order valence-electron chi connectivity index (χ2n) is 3.50. The maximum Gasteiger partial charge on any atom is 0.329 e. The summed E-state index contributed by atoms with van der Waals surface area (Å²) in [6, 6.07) is 3.33. The summed E-state index contributed by atoms with van der Waals surface area (Å²) in [6.45, 7) is 3.73. The average molecular weight is 237 g/mol. The zero-order valence-electron chi connectivity index (χ0n) is 9.77. The SMILES string of the molecule is CC[C@H](C)NC(=O)C(=O)N/N=C\c1ccco1. The third-order valence-electron chi connectivity index (χ3n) is 2.10. The number of furan rings is 1. The van der Waals surface area contributed by atoms with Crippen molar-refractivity contribution in [3.05, 3.63) is 24.2 Å². The van der Waals surface area contributed by atoms with Crippen LogP contribution in [0, 0.1) is 0 Å². The van der Waals surface area contributed by atoms with Gasteiger partial charge in [-0.25, -0.2) is 5.43 Å². The van der Waals surface area contributed by atoms with Crippen LogP contribution in [0.5, 0.6) is 0 Å². The van der Waals surface area contributed by atoms with E-state index < -0.39 is 11.8 Å². The van der Waals surface area contributed by atoms with Crippen LogP contribution in [0.15, 0.2) is 27.9 Å². The number of carbonyl (C=O) groups excluding carboxylic acids is 2. The molecule has 0 radical (unpaired) electrons. The van der Waals surface area contributed by atoms with Gasteiger partial charge in [-0.2, -0.15) is 5.10 Å². The van der Waals surface area contributed by atoms with Crippen LogP contribution in [0.2, 0.25) is 0 Å². The molecule has 1 rings (SSSR count). The molecule has 6 heteroatoms. The summed E-state index contributed by atoms with van der Waals surface area (Å²) in [5.74, 6) is -1.00. The molecule has 0 aliphatic rings. The van der Waals surface area contributed by atoms with Gasteiger partial charge in [0, 0.05) is 6.04 Å². The molecule has 2 amide bonds. The van der Waals surface area contributed by atoms with E-state index in [1.54, 1.807) is 12.1 Å². The van der Waals surface area contributed by atoms with Gasteiger partial charge in [-0.3, -0.25) is 9.59 Å². The molecule has 0 aliphatic heterocycles. The second-order valence-corrected chi connectivity index (χ2v) is 3.50. The predicted octanol–water partition coefficient (Wildman–Crippen LogP) is 0.644. The Morgan fingerprint density at radius 2 is 2.29 bits per heavy atom.